The van der Waals surface area contributed by atoms with Gasteiger partial charge in [-0.15, -0.1) is 0 Å². The first-order valence-electron chi connectivity index (χ1n) is 7.56. The van der Waals surface area contributed by atoms with Gasteiger partial charge in [0.05, 0.1) is 0 Å². The number of fused-ring (bicyclic) bond motifs is 1. The maximum absolute atomic E-state index is 4.40. The number of rotatable bonds is 4. The average Bonchev–Trinajstić information content (AvgIpc) is 2.47. The monoisotopic (exact) mass is 282 g/mol. The number of anilines is 1. The zero-order valence-electron chi connectivity index (χ0n) is 12.7. The molecule has 0 unspecified atom stereocenters. The molecule has 0 radical (unpaired) electrons. The van der Waals surface area contributed by atoms with Gasteiger partial charge in [-0.2, -0.15) is 0 Å². The summed E-state index contributed by atoms with van der Waals surface area (Å²) in [5.41, 5.74) is 3.95. The molecule has 1 aromatic heterocycles. The molecule has 4 nitrogen and oxygen atoms in total. The zero-order valence-corrected chi connectivity index (χ0v) is 12.7. The average molecular weight is 282 g/mol. The SMILES string of the molecule is Cc1ccnc(N[C@@H](C)CN2CCc3ccccc3C2)n1. The Labute approximate surface area is 126 Å². The summed E-state index contributed by atoms with van der Waals surface area (Å²) < 4.78 is 0. The molecular weight excluding hydrogens is 260 g/mol. The lowest BCUT2D eigenvalue weighted by molar-refractivity contribution is 0.247. The Bertz CT molecular complexity index is 611. The lowest BCUT2D eigenvalue weighted by Gasteiger charge is -2.31. The van der Waals surface area contributed by atoms with E-state index in [1.807, 2.05) is 13.0 Å². The van der Waals surface area contributed by atoms with Gasteiger partial charge in [0.1, 0.15) is 0 Å². The van der Waals surface area contributed by atoms with E-state index in [1.54, 1.807) is 6.20 Å². The molecule has 1 aliphatic rings. The Morgan fingerprint density at radius 1 is 1.24 bits per heavy atom. The van der Waals surface area contributed by atoms with E-state index in [4.69, 9.17) is 0 Å². The predicted molar refractivity (Wildman–Crippen MR) is 85.3 cm³/mol. The topological polar surface area (TPSA) is 41.1 Å². The zero-order chi connectivity index (χ0) is 14.7. The Morgan fingerprint density at radius 2 is 2.05 bits per heavy atom. The Hall–Kier alpha value is -1.94. The van der Waals surface area contributed by atoms with Crippen LogP contribution in [0.1, 0.15) is 23.7 Å². The van der Waals surface area contributed by atoms with Crippen molar-refractivity contribution < 1.29 is 0 Å². The van der Waals surface area contributed by atoms with E-state index in [1.165, 1.54) is 11.1 Å². The molecule has 0 amide bonds. The fourth-order valence-electron chi connectivity index (χ4n) is 2.88. The van der Waals surface area contributed by atoms with Crippen LogP contribution in [-0.2, 0) is 13.0 Å². The first kappa shape index (κ1) is 14.0. The van der Waals surface area contributed by atoms with Gasteiger partial charge in [-0.05, 0) is 37.5 Å². The molecule has 1 N–H and O–H groups in total. The number of hydrogen-bond donors (Lipinski definition) is 1. The lowest BCUT2D eigenvalue weighted by atomic mass is 10.00. The number of benzene rings is 1. The molecule has 1 atom stereocenters. The molecule has 2 aromatic rings. The first-order chi connectivity index (χ1) is 10.2. The smallest absolute Gasteiger partial charge is 0.223 e. The largest absolute Gasteiger partial charge is 0.350 e. The van der Waals surface area contributed by atoms with Gasteiger partial charge in [0, 0.05) is 37.6 Å². The predicted octanol–water partition coefficient (Wildman–Crippen LogP) is 2.64. The van der Waals surface area contributed by atoms with Gasteiger partial charge in [0.15, 0.2) is 0 Å². The van der Waals surface area contributed by atoms with Crippen molar-refractivity contribution in [1.29, 1.82) is 0 Å². The second-order valence-corrected chi connectivity index (χ2v) is 5.82. The maximum Gasteiger partial charge on any atom is 0.223 e. The van der Waals surface area contributed by atoms with E-state index >= 15 is 0 Å². The first-order valence-corrected chi connectivity index (χ1v) is 7.56. The van der Waals surface area contributed by atoms with Crippen molar-refractivity contribution in [1.82, 2.24) is 14.9 Å². The van der Waals surface area contributed by atoms with Crippen LogP contribution in [0.3, 0.4) is 0 Å². The summed E-state index contributed by atoms with van der Waals surface area (Å²) in [7, 11) is 0. The van der Waals surface area contributed by atoms with Crippen molar-refractivity contribution in [2.45, 2.75) is 32.9 Å². The van der Waals surface area contributed by atoms with E-state index in [-0.39, 0.29) is 0 Å². The van der Waals surface area contributed by atoms with Crippen molar-refractivity contribution in [3.05, 3.63) is 53.3 Å². The molecule has 21 heavy (non-hydrogen) atoms. The number of nitrogens with zero attached hydrogens (tertiary/aromatic N) is 3. The van der Waals surface area contributed by atoms with Gasteiger partial charge >= 0.3 is 0 Å². The summed E-state index contributed by atoms with van der Waals surface area (Å²) >= 11 is 0. The van der Waals surface area contributed by atoms with Crippen LogP contribution in [0, 0.1) is 6.92 Å². The van der Waals surface area contributed by atoms with Crippen LogP contribution in [0.2, 0.25) is 0 Å². The molecule has 110 valence electrons. The van der Waals surface area contributed by atoms with Gasteiger partial charge < -0.3 is 5.32 Å². The molecule has 0 aliphatic carbocycles. The molecule has 4 heteroatoms. The molecule has 0 saturated heterocycles. The van der Waals surface area contributed by atoms with Gasteiger partial charge in [0.2, 0.25) is 5.95 Å². The molecule has 2 heterocycles. The summed E-state index contributed by atoms with van der Waals surface area (Å²) in [6, 6.07) is 11.0. The minimum Gasteiger partial charge on any atom is -0.350 e. The van der Waals surface area contributed by atoms with Gasteiger partial charge in [0.25, 0.3) is 0 Å². The molecule has 0 spiro atoms. The second kappa shape index (κ2) is 6.22. The van der Waals surface area contributed by atoms with E-state index in [0.29, 0.717) is 6.04 Å². The van der Waals surface area contributed by atoms with Crippen molar-refractivity contribution in [3.63, 3.8) is 0 Å². The Balaban J connectivity index is 1.57. The summed E-state index contributed by atoms with van der Waals surface area (Å²) in [6.07, 6.45) is 2.94. The van der Waals surface area contributed by atoms with Gasteiger partial charge in [-0.3, -0.25) is 4.90 Å². The lowest BCUT2D eigenvalue weighted by Crippen LogP contribution is -2.38. The van der Waals surface area contributed by atoms with Crippen molar-refractivity contribution >= 4 is 5.95 Å². The minimum absolute atomic E-state index is 0.331. The summed E-state index contributed by atoms with van der Waals surface area (Å²) in [5.74, 6) is 0.722. The highest BCUT2D eigenvalue weighted by atomic mass is 15.2. The molecule has 3 rings (SSSR count). The summed E-state index contributed by atoms with van der Waals surface area (Å²) in [4.78, 5) is 11.2. The number of hydrogen-bond acceptors (Lipinski definition) is 4. The Kier molecular flexibility index (Phi) is 4.15. The normalized spacial score (nSPS) is 16.3. The molecule has 0 bridgehead atoms. The number of aromatic nitrogens is 2. The van der Waals surface area contributed by atoms with Crippen LogP contribution in [0.15, 0.2) is 36.5 Å². The summed E-state index contributed by atoms with van der Waals surface area (Å²) in [5, 5.41) is 3.39. The highest BCUT2D eigenvalue weighted by Gasteiger charge is 2.17. The van der Waals surface area contributed by atoms with Crippen LogP contribution in [0.25, 0.3) is 0 Å². The van der Waals surface area contributed by atoms with Crippen molar-refractivity contribution in [2.75, 3.05) is 18.4 Å². The Morgan fingerprint density at radius 3 is 2.86 bits per heavy atom. The third-order valence-electron chi connectivity index (χ3n) is 3.91. The van der Waals surface area contributed by atoms with Crippen LogP contribution < -0.4 is 5.32 Å². The van der Waals surface area contributed by atoms with E-state index in [9.17, 15) is 0 Å². The van der Waals surface area contributed by atoms with Gasteiger partial charge in [-0.1, -0.05) is 24.3 Å². The highest BCUT2D eigenvalue weighted by molar-refractivity contribution is 5.29. The quantitative estimate of drug-likeness (QED) is 0.936. The fourth-order valence-corrected chi connectivity index (χ4v) is 2.88. The van der Waals surface area contributed by atoms with Crippen molar-refractivity contribution in [3.8, 4) is 0 Å². The van der Waals surface area contributed by atoms with Crippen LogP contribution in [-0.4, -0.2) is 34.0 Å². The number of nitrogens with one attached hydrogen (secondary N) is 1. The molecule has 0 saturated carbocycles. The van der Waals surface area contributed by atoms with E-state index in [0.717, 1.165) is 37.7 Å². The third kappa shape index (κ3) is 3.58. The molecule has 1 aliphatic heterocycles. The maximum atomic E-state index is 4.40. The molecule has 0 fully saturated rings. The standard InChI is InChI=1S/C17H22N4/c1-13-7-9-18-17(19-13)20-14(2)11-21-10-8-15-5-3-4-6-16(15)12-21/h3-7,9,14H,8,10-12H2,1-2H3,(H,18,19,20)/t14-/m0/s1. The van der Waals surface area contributed by atoms with Crippen LogP contribution in [0.4, 0.5) is 5.95 Å². The summed E-state index contributed by atoms with van der Waals surface area (Å²) in [6.45, 7) is 7.34. The fraction of sp³-hybridized carbons (Fsp3) is 0.412. The highest BCUT2D eigenvalue weighted by Crippen LogP contribution is 2.18. The van der Waals surface area contributed by atoms with Crippen LogP contribution >= 0.6 is 0 Å². The minimum atomic E-state index is 0.331. The molecule has 1 aromatic carbocycles. The molecular formula is C17H22N4. The number of aryl methyl sites for hydroxylation is 1. The van der Waals surface area contributed by atoms with E-state index in [2.05, 4.69) is 51.4 Å². The third-order valence-corrected chi connectivity index (χ3v) is 3.91. The van der Waals surface area contributed by atoms with Crippen molar-refractivity contribution in [2.24, 2.45) is 0 Å². The van der Waals surface area contributed by atoms with E-state index < -0.39 is 0 Å². The second-order valence-electron chi connectivity index (χ2n) is 5.82. The van der Waals surface area contributed by atoms with Crippen LogP contribution in [0.5, 0.6) is 0 Å². The van der Waals surface area contributed by atoms with Gasteiger partial charge in [-0.25, -0.2) is 9.97 Å².